The van der Waals surface area contributed by atoms with Crippen LogP contribution in [-0.2, 0) is 4.74 Å². The summed E-state index contributed by atoms with van der Waals surface area (Å²) in [7, 11) is 0. The number of nitrogens with one attached hydrogen (secondary N) is 1. The van der Waals surface area contributed by atoms with Crippen LogP contribution in [0.3, 0.4) is 0 Å². The average molecular weight is 265 g/mol. The summed E-state index contributed by atoms with van der Waals surface area (Å²) >= 11 is 0. The van der Waals surface area contributed by atoms with Crippen molar-refractivity contribution in [1.82, 2.24) is 5.32 Å². The first-order valence-corrected chi connectivity index (χ1v) is 6.17. The van der Waals surface area contributed by atoms with Crippen molar-refractivity contribution in [3.8, 4) is 0 Å². The largest absolute Gasteiger partial charge is 0.444 e. The molecule has 1 rings (SSSR count). The molecule has 3 nitrogen and oxygen atoms in total. The van der Waals surface area contributed by atoms with Crippen molar-refractivity contribution in [1.29, 1.82) is 0 Å². The smallest absolute Gasteiger partial charge is 0.407 e. The summed E-state index contributed by atoms with van der Waals surface area (Å²) in [6, 6.07) is 4.86. The lowest BCUT2D eigenvalue weighted by Crippen LogP contribution is -2.32. The van der Waals surface area contributed by atoms with Crippen LogP contribution in [-0.4, -0.2) is 18.2 Å². The van der Waals surface area contributed by atoms with Gasteiger partial charge in [-0.1, -0.05) is 18.2 Å². The lowest BCUT2D eigenvalue weighted by atomic mass is 10.1. The summed E-state index contributed by atoms with van der Waals surface area (Å²) in [5.74, 6) is -0.218. The molecular weight excluding hydrogens is 245 g/mol. The van der Waals surface area contributed by atoms with Gasteiger partial charge in [-0.05, 0) is 51.0 Å². The number of aryl methyl sites for hydroxylation is 1. The number of benzene rings is 1. The van der Waals surface area contributed by atoms with Crippen LogP contribution in [0.1, 0.15) is 31.9 Å². The topological polar surface area (TPSA) is 38.3 Å². The van der Waals surface area contributed by atoms with Gasteiger partial charge >= 0.3 is 6.09 Å². The Labute approximate surface area is 113 Å². The number of ether oxygens (including phenoxy) is 1. The highest BCUT2D eigenvalue weighted by atomic mass is 19.1. The van der Waals surface area contributed by atoms with Gasteiger partial charge in [0.1, 0.15) is 11.4 Å². The molecule has 0 radical (unpaired) electrons. The minimum atomic E-state index is -0.498. The van der Waals surface area contributed by atoms with Crippen LogP contribution in [0.4, 0.5) is 9.18 Å². The molecule has 0 atom stereocenters. The van der Waals surface area contributed by atoms with Gasteiger partial charge in [0.15, 0.2) is 0 Å². The van der Waals surface area contributed by atoms with E-state index in [1.54, 1.807) is 25.1 Å². The lowest BCUT2D eigenvalue weighted by molar-refractivity contribution is 0.0534. The lowest BCUT2D eigenvalue weighted by Gasteiger charge is -2.19. The Morgan fingerprint density at radius 1 is 1.42 bits per heavy atom. The van der Waals surface area contributed by atoms with Gasteiger partial charge < -0.3 is 10.1 Å². The highest BCUT2D eigenvalue weighted by Gasteiger charge is 2.14. The summed E-state index contributed by atoms with van der Waals surface area (Å²) in [6.07, 6.45) is 3.16. The number of amides is 1. The molecular formula is C15H20FNO2. The molecule has 0 saturated carbocycles. The second-order valence-corrected chi connectivity index (χ2v) is 5.29. The van der Waals surface area contributed by atoms with E-state index in [0.29, 0.717) is 12.1 Å². The molecule has 4 heteroatoms. The van der Waals surface area contributed by atoms with E-state index in [-0.39, 0.29) is 5.82 Å². The van der Waals surface area contributed by atoms with E-state index in [2.05, 4.69) is 5.32 Å². The number of hydrogen-bond acceptors (Lipinski definition) is 2. The van der Waals surface area contributed by atoms with Crippen molar-refractivity contribution in [2.45, 2.75) is 33.3 Å². The van der Waals surface area contributed by atoms with Crippen LogP contribution in [0.2, 0.25) is 0 Å². The summed E-state index contributed by atoms with van der Waals surface area (Å²) in [5.41, 5.74) is 0.995. The summed E-state index contributed by atoms with van der Waals surface area (Å²) in [6.45, 7) is 7.51. The third kappa shape index (κ3) is 6.04. The third-order valence-corrected chi connectivity index (χ3v) is 2.26. The molecule has 0 bridgehead atoms. The van der Waals surface area contributed by atoms with E-state index >= 15 is 0 Å². The van der Waals surface area contributed by atoms with E-state index < -0.39 is 11.7 Å². The van der Waals surface area contributed by atoms with Crippen molar-refractivity contribution < 1.29 is 13.9 Å². The monoisotopic (exact) mass is 265 g/mol. The SMILES string of the molecule is Cc1cc(C=CCNC(=O)OC(C)(C)C)ccc1F. The summed E-state index contributed by atoms with van der Waals surface area (Å²) in [5, 5.41) is 2.61. The Balaban J connectivity index is 2.42. The zero-order valence-electron chi connectivity index (χ0n) is 11.8. The quantitative estimate of drug-likeness (QED) is 0.905. The zero-order valence-corrected chi connectivity index (χ0v) is 11.8. The Kier molecular flexibility index (Phi) is 5.10. The molecule has 19 heavy (non-hydrogen) atoms. The third-order valence-electron chi connectivity index (χ3n) is 2.26. The van der Waals surface area contributed by atoms with E-state index in [0.717, 1.165) is 5.56 Å². The number of halogens is 1. The van der Waals surface area contributed by atoms with Crippen LogP contribution >= 0.6 is 0 Å². The fraction of sp³-hybridized carbons (Fsp3) is 0.400. The van der Waals surface area contributed by atoms with Crippen molar-refractivity contribution in [3.63, 3.8) is 0 Å². The van der Waals surface area contributed by atoms with Gasteiger partial charge in [-0.3, -0.25) is 0 Å². The molecule has 0 aromatic heterocycles. The minimum absolute atomic E-state index is 0.218. The fourth-order valence-electron chi connectivity index (χ4n) is 1.42. The number of hydrogen-bond donors (Lipinski definition) is 1. The number of carbonyl (C=O) groups excluding carboxylic acids is 1. The Morgan fingerprint density at radius 3 is 2.68 bits per heavy atom. The molecule has 1 aromatic carbocycles. The molecule has 0 saturated heterocycles. The Hall–Kier alpha value is -1.84. The molecule has 104 valence electrons. The van der Waals surface area contributed by atoms with Gasteiger partial charge in [-0.2, -0.15) is 0 Å². The highest BCUT2D eigenvalue weighted by molar-refractivity contribution is 5.68. The van der Waals surface area contributed by atoms with Crippen molar-refractivity contribution in [3.05, 3.63) is 41.2 Å². The maximum atomic E-state index is 13.1. The van der Waals surface area contributed by atoms with Crippen molar-refractivity contribution in [2.24, 2.45) is 0 Å². The Morgan fingerprint density at radius 2 is 2.11 bits per heavy atom. The molecule has 1 amide bonds. The minimum Gasteiger partial charge on any atom is -0.444 e. The molecule has 0 fully saturated rings. The summed E-state index contributed by atoms with van der Waals surface area (Å²) < 4.78 is 18.1. The first-order valence-electron chi connectivity index (χ1n) is 6.17. The number of rotatable bonds is 3. The van der Waals surface area contributed by atoms with E-state index in [1.807, 2.05) is 26.8 Å². The van der Waals surface area contributed by atoms with E-state index in [9.17, 15) is 9.18 Å². The standard InChI is InChI=1S/C15H20FNO2/c1-11-10-12(7-8-13(11)16)6-5-9-17-14(18)19-15(2,3)4/h5-8,10H,9H2,1-4H3,(H,17,18). The maximum Gasteiger partial charge on any atom is 0.407 e. The highest BCUT2D eigenvalue weighted by Crippen LogP contribution is 2.10. The molecule has 0 aliphatic heterocycles. The molecule has 0 spiro atoms. The van der Waals surface area contributed by atoms with Crippen LogP contribution in [0.15, 0.2) is 24.3 Å². The van der Waals surface area contributed by atoms with Gasteiger partial charge in [0.05, 0.1) is 0 Å². The fourth-order valence-corrected chi connectivity index (χ4v) is 1.42. The normalized spacial score (nSPS) is 11.6. The maximum absolute atomic E-state index is 13.1. The second-order valence-electron chi connectivity index (χ2n) is 5.29. The Bertz CT molecular complexity index is 476. The van der Waals surface area contributed by atoms with Crippen LogP contribution in [0.5, 0.6) is 0 Å². The molecule has 1 aromatic rings. The van der Waals surface area contributed by atoms with Crippen molar-refractivity contribution in [2.75, 3.05) is 6.54 Å². The summed E-state index contributed by atoms with van der Waals surface area (Å²) in [4.78, 5) is 11.4. The number of alkyl carbamates (subject to hydrolysis) is 1. The molecule has 0 unspecified atom stereocenters. The predicted molar refractivity (Wildman–Crippen MR) is 74.4 cm³/mol. The van der Waals surface area contributed by atoms with E-state index in [1.165, 1.54) is 6.07 Å². The molecule has 0 aliphatic carbocycles. The van der Waals surface area contributed by atoms with Gasteiger partial charge in [-0.15, -0.1) is 0 Å². The second kappa shape index (κ2) is 6.36. The predicted octanol–water partition coefficient (Wildman–Crippen LogP) is 3.67. The van der Waals surface area contributed by atoms with Crippen LogP contribution < -0.4 is 5.32 Å². The van der Waals surface area contributed by atoms with E-state index in [4.69, 9.17) is 4.74 Å². The molecule has 0 heterocycles. The van der Waals surface area contributed by atoms with Gasteiger partial charge in [0.2, 0.25) is 0 Å². The average Bonchev–Trinajstić information content (AvgIpc) is 2.27. The first kappa shape index (κ1) is 15.2. The first-order chi connectivity index (χ1) is 8.78. The van der Waals surface area contributed by atoms with Crippen molar-refractivity contribution >= 4 is 12.2 Å². The molecule has 1 N–H and O–H groups in total. The number of carbonyl (C=O) groups is 1. The van der Waals surface area contributed by atoms with Crippen LogP contribution in [0, 0.1) is 12.7 Å². The van der Waals surface area contributed by atoms with Gasteiger partial charge in [-0.25, -0.2) is 9.18 Å². The zero-order chi connectivity index (χ0) is 14.5. The molecule has 0 aliphatic rings. The van der Waals surface area contributed by atoms with Crippen LogP contribution in [0.25, 0.3) is 6.08 Å². The van der Waals surface area contributed by atoms with Gasteiger partial charge in [0.25, 0.3) is 0 Å². The van der Waals surface area contributed by atoms with Gasteiger partial charge in [0, 0.05) is 6.54 Å².